The molecule has 2 N–H and O–H groups in total. The van der Waals surface area contributed by atoms with E-state index in [0.29, 0.717) is 6.61 Å². The topological polar surface area (TPSA) is 116 Å². The SMILES string of the molecule is C.C.C.C=C.C=CC(C)=O.CC(=O)F.CCCOC(C)=O.CN.CN(C)C.COC(C)=O. The highest BCUT2D eigenvalue weighted by atomic mass is 19.1. The maximum absolute atomic E-state index is 10.4. The van der Waals surface area contributed by atoms with Gasteiger partial charge in [0.15, 0.2) is 5.78 Å². The van der Waals surface area contributed by atoms with Crippen molar-refractivity contribution in [2.24, 2.45) is 5.73 Å². The van der Waals surface area contributed by atoms with Crippen molar-refractivity contribution in [3.63, 3.8) is 0 Å². The number of nitrogens with two attached hydrogens (primary N) is 1. The van der Waals surface area contributed by atoms with Crippen molar-refractivity contribution >= 4 is 23.8 Å². The molecule has 8 nitrogen and oxygen atoms in total. The molecule has 0 atom stereocenters. The number of nitrogens with zero attached hydrogens (tertiary/aromatic N) is 1. The van der Waals surface area contributed by atoms with Crippen molar-refractivity contribution < 1.29 is 33.0 Å². The van der Waals surface area contributed by atoms with E-state index in [0.717, 1.165) is 13.3 Å². The molecule has 0 heterocycles. The molecule has 0 amide bonds. The summed E-state index contributed by atoms with van der Waals surface area (Å²) in [6.45, 7) is 16.8. The fourth-order valence-electron chi connectivity index (χ4n) is 0.246. The van der Waals surface area contributed by atoms with Gasteiger partial charge in [-0.05, 0) is 47.6 Å². The van der Waals surface area contributed by atoms with Crippen molar-refractivity contribution in [2.45, 2.75) is 63.3 Å². The second-order valence-electron chi connectivity index (χ2n) is 4.66. The highest BCUT2D eigenvalue weighted by Crippen LogP contribution is 1.78. The minimum atomic E-state index is -1.33. The summed E-state index contributed by atoms with van der Waals surface area (Å²) < 4.78 is 19.0. The van der Waals surface area contributed by atoms with Gasteiger partial charge in [0.25, 0.3) is 6.04 Å². The summed E-state index contributed by atoms with van der Waals surface area (Å²) in [6, 6.07) is -1.33. The number of carbonyl (C=O) groups is 4. The first-order valence-electron chi connectivity index (χ1n) is 8.43. The molecular weight excluding hydrogens is 419 g/mol. The summed E-state index contributed by atoms with van der Waals surface area (Å²) in [6.07, 6.45) is 2.18. The van der Waals surface area contributed by atoms with Crippen LogP contribution in [0.1, 0.15) is 63.3 Å². The normalized spacial score (nSPS) is 6.16. The molecule has 0 spiro atoms. The zero-order valence-corrected chi connectivity index (χ0v) is 20.0. The number of ether oxygens (including phenoxy) is 2. The summed E-state index contributed by atoms with van der Waals surface area (Å²) in [5.74, 6) is -0.420. The summed E-state index contributed by atoms with van der Waals surface area (Å²) >= 11 is 0. The van der Waals surface area contributed by atoms with Crippen molar-refractivity contribution in [1.82, 2.24) is 4.90 Å². The van der Waals surface area contributed by atoms with Gasteiger partial charge in [-0.1, -0.05) is 35.8 Å². The molecule has 0 aromatic rings. The minimum Gasteiger partial charge on any atom is -0.469 e. The highest BCUT2D eigenvalue weighted by Gasteiger charge is 1.85. The van der Waals surface area contributed by atoms with Gasteiger partial charge in [-0.2, -0.15) is 4.39 Å². The second-order valence-corrected chi connectivity index (χ2v) is 4.66. The molecule has 0 rings (SSSR count). The summed E-state index contributed by atoms with van der Waals surface area (Å²) in [7, 11) is 8.85. The molecule has 0 aromatic heterocycles. The molecule has 0 saturated heterocycles. The molecule has 0 aliphatic rings. The van der Waals surface area contributed by atoms with Crippen LogP contribution >= 0.6 is 0 Å². The van der Waals surface area contributed by atoms with Gasteiger partial charge in [-0.3, -0.25) is 19.2 Å². The van der Waals surface area contributed by atoms with Crippen molar-refractivity contribution in [2.75, 3.05) is 41.9 Å². The van der Waals surface area contributed by atoms with Gasteiger partial charge in [0.05, 0.1) is 13.7 Å². The van der Waals surface area contributed by atoms with Crippen molar-refractivity contribution in [3.05, 3.63) is 25.8 Å². The van der Waals surface area contributed by atoms with E-state index < -0.39 is 6.04 Å². The van der Waals surface area contributed by atoms with E-state index in [9.17, 15) is 18.8 Å². The number of halogens is 1. The monoisotopic (exact) mass is 474 g/mol. The van der Waals surface area contributed by atoms with E-state index in [2.05, 4.69) is 34.9 Å². The van der Waals surface area contributed by atoms with Crippen LogP contribution in [-0.4, -0.2) is 70.6 Å². The molecule has 200 valence electrons. The summed E-state index contributed by atoms with van der Waals surface area (Å²) in [4.78, 5) is 40.0. The zero-order valence-electron chi connectivity index (χ0n) is 20.0. The van der Waals surface area contributed by atoms with Crippen molar-refractivity contribution in [3.8, 4) is 0 Å². The summed E-state index contributed by atoms with van der Waals surface area (Å²) in [5, 5.41) is 0. The average Bonchev–Trinajstić information content (AvgIpc) is 2.63. The number of hydrogen-bond donors (Lipinski definition) is 1. The Balaban J connectivity index is -0.0000000225. The fraction of sp³-hybridized carbons (Fsp3) is 0.652. The average molecular weight is 475 g/mol. The van der Waals surface area contributed by atoms with Crippen LogP contribution in [0.15, 0.2) is 25.8 Å². The van der Waals surface area contributed by atoms with Gasteiger partial charge in [0, 0.05) is 20.8 Å². The van der Waals surface area contributed by atoms with Gasteiger partial charge in [0.1, 0.15) is 0 Å². The van der Waals surface area contributed by atoms with Crippen LogP contribution in [0.5, 0.6) is 0 Å². The quantitative estimate of drug-likeness (QED) is 0.267. The largest absolute Gasteiger partial charge is 0.469 e. The number of rotatable bonds is 3. The minimum absolute atomic E-state index is 0. The number of hydrogen-bond acceptors (Lipinski definition) is 8. The Morgan fingerprint density at radius 1 is 0.906 bits per heavy atom. The van der Waals surface area contributed by atoms with E-state index in [1.165, 1.54) is 41.0 Å². The fourth-order valence-corrected chi connectivity index (χ4v) is 0.246. The molecular formula is C23H55FN2O6. The Morgan fingerprint density at radius 2 is 1.09 bits per heavy atom. The number of allylic oxidation sites excluding steroid dienone is 1. The Labute approximate surface area is 199 Å². The lowest BCUT2D eigenvalue weighted by Gasteiger charge is -1.93. The lowest BCUT2D eigenvalue weighted by molar-refractivity contribution is -0.141. The first kappa shape index (κ1) is 63.0. The van der Waals surface area contributed by atoms with Gasteiger partial charge in [0.2, 0.25) is 0 Å². The summed E-state index contributed by atoms with van der Waals surface area (Å²) in [5.41, 5.74) is 4.50. The molecule has 32 heavy (non-hydrogen) atoms. The third-order valence-electron chi connectivity index (χ3n) is 1.08. The maximum Gasteiger partial charge on any atom is 0.302 e. The van der Waals surface area contributed by atoms with Gasteiger partial charge in [-0.15, -0.1) is 13.2 Å². The van der Waals surface area contributed by atoms with Gasteiger partial charge >= 0.3 is 11.9 Å². The smallest absolute Gasteiger partial charge is 0.302 e. The van der Waals surface area contributed by atoms with E-state index in [1.54, 1.807) is 0 Å². The van der Waals surface area contributed by atoms with E-state index in [1.807, 2.05) is 33.0 Å². The molecule has 0 radical (unpaired) electrons. The predicted octanol–water partition coefficient (Wildman–Crippen LogP) is 4.87. The Hall–Kier alpha value is -2.39. The molecule has 0 unspecified atom stereocenters. The van der Waals surface area contributed by atoms with Gasteiger partial charge < -0.3 is 20.1 Å². The maximum atomic E-state index is 10.4. The molecule has 0 bridgehead atoms. The number of carbonyl (C=O) groups excluding carboxylic acids is 4. The predicted molar refractivity (Wildman–Crippen MR) is 138 cm³/mol. The number of esters is 2. The Kier molecular flexibility index (Phi) is 139. The standard InChI is InChI=1S/C5H10O2.C4H6O.C3H9N.C3H6O2.C2H3FO.C2H4.CH5N.3CH4/c1-3-4-7-5(2)6;1-3-4(2)5;1-4(2)3;1-3(4)5-2;1-2(3)4;2*1-2;;;/h3-4H2,1-2H3;3H,1H2,2H3;1-3H3;1-2H3;1H3;1-2H2;2H2,1H3;3*1H4. The number of methoxy groups -OCH3 is 1. The molecule has 0 aromatic carbocycles. The van der Waals surface area contributed by atoms with E-state index in [-0.39, 0.29) is 40.0 Å². The third-order valence-corrected chi connectivity index (χ3v) is 1.08. The van der Waals surface area contributed by atoms with Crippen LogP contribution in [0.2, 0.25) is 0 Å². The molecule has 0 aliphatic heterocycles. The Bertz CT molecular complexity index is 371. The first-order chi connectivity index (χ1) is 13.3. The third kappa shape index (κ3) is 621. The van der Waals surface area contributed by atoms with Crippen LogP contribution < -0.4 is 5.73 Å². The molecule has 0 aliphatic carbocycles. The molecule has 9 heteroatoms. The van der Waals surface area contributed by atoms with Crippen LogP contribution in [0.4, 0.5) is 4.39 Å². The number of ketones is 1. The Morgan fingerprint density at radius 3 is 1.12 bits per heavy atom. The highest BCUT2D eigenvalue weighted by molar-refractivity contribution is 5.86. The van der Waals surface area contributed by atoms with Crippen molar-refractivity contribution in [1.29, 1.82) is 0 Å². The van der Waals surface area contributed by atoms with E-state index in [4.69, 9.17) is 4.79 Å². The lowest BCUT2D eigenvalue weighted by atomic mass is 10.5. The van der Waals surface area contributed by atoms with Crippen LogP contribution in [0.25, 0.3) is 0 Å². The lowest BCUT2D eigenvalue weighted by Crippen LogP contribution is -1.99. The van der Waals surface area contributed by atoms with Crippen LogP contribution in [0.3, 0.4) is 0 Å². The second kappa shape index (κ2) is 70.3. The zero-order chi connectivity index (χ0) is 25.4. The molecule has 0 saturated carbocycles. The van der Waals surface area contributed by atoms with E-state index >= 15 is 0 Å². The van der Waals surface area contributed by atoms with Crippen LogP contribution in [-0.2, 0) is 28.7 Å². The van der Waals surface area contributed by atoms with Gasteiger partial charge in [-0.25, -0.2) is 0 Å². The van der Waals surface area contributed by atoms with Crippen LogP contribution in [0, 0.1) is 0 Å². The molecule has 0 fully saturated rings. The first-order valence-corrected chi connectivity index (χ1v) is 8.43.